The number of fused-ring (bicyclic) bond motifs is 1. The maximum Gasteiger partial charge on any atom is 0.179 e. The van der Waals surface area contributed by atoms with Crippen molar-refractivity contribution in [1.82, 2.24) is 29.9 Å². The van der Waals surface area contributed by atoms with Gasteiger partial charge in [0.2, 0.25) is 0 Å². The Morgan fingerprint density at radius 2 is 0.635 bits per heavy atom. The lowest BCUT2D eigenvalue weighted by molar-refractivity contribution is 1.07. The minimum absolute atomic E-state index is 0.589. The van der Waals surface area contributed by atoms with Crippen molar-refractivity contribution >= 4 is 10.9 Å². The van der Waals surface area contributed by atoms with Crippen molar-refractivity contribution in [2.24, 2.45) is 0 Å². The molecule has 0 unspecified atom stereocenters. The largest absolute Gasteiger partial charge is 0.244 e. The Labute approximate surface area is 301 Å². The third-order valence-corrected chi connectivity index (χ3v) is 8.98. The van der Waals surface area contributed by atoms with E-state index in [0.717, 1.165) is 66.9 Å². The van der Waals surface area contributed by atoms with Crippen LogP contribution in [-0.2, 0) is 0 Å². The van der Waals surface area contributed by atoms with E-state index in [1.807, 2.05) is 109 Å². The lowest BCUT2D eigenvalue weighted by Gasteiger charge is -2.11. The Morgan fingerprint density at radius 3 is 1.17 bits per heavy atom. The van der Waals surface area contributed by atoms with E-state index in [4.69, 9.17) is 29.9 Å². The number of nitrogens with zero attached hydrogens (tertiary/aromatic N) is 6. The van der Waals surface area contributed by atoms with Crippen molar-refractivity contribution in [2.45, 2.75) is 0 Å². The first kappa shape index (κ1) is 30.8. The molecule has 0 amide bonds. The smallest absolute Gasteiger partial charge is 0.179 e. The highest BCUT2D eigenvalue weighted by Crippen LogP contribution is 2.31. The van der Waals surface area contributed by atoms with Gasteiger partial charge in [0.1, 0.15) is 5.69 Å². The molecule has 3 heterocycles. The summed E-state index contributed by atoms with van der Waals surface area (Å²) >= 11 is 0. The highest BCUT2D eigenvalue weighted by Gasteiger charge is 2.14. The molecule has 0 aliphatic carbocycles. The molecule has 0 saturated heterocycles. The van der Waals surface area contributed by atoms with Crippen molar-refractivity contribution in [1.29, 1.82) is 0 Å². The fourth-order valence-corrected chi connectivity index (χ4v) is 6.24. The number of hydrogen-bond donors (Lipinski definition) is 0. The van der Waals surface area contributed by atoms with Gasteiger partial charge in [0.15, 0.2) is 23.3 Å². The molecule has 3 aromatic heterocycles. The van der Waals surface area contributed by atoms with Crippen LogP contribution in [0.1, 0.15) is 0 Å². The van der Waals surface area contributed by atoms with Crippen LogP contribution in [0, 0.1) is 0 Å². The van der Waals surface area contributed by atoms with Gasteiger partial charge in [-0.2, -0.15) is 0 Å². The molecule has 0 atom stereocenters. The third kappa shape index (κ3) is 6.32. The molecule has 0 radical (unpaired) electrons. The zero-order chi connectivity index (χ0) is 34.7. The molecule has 0 bridgehead atoms. The van der Waals surface area contributed by atoms with Gasteiger partial charge in [-0.3, -0.25) is 0 Å². The lowest BCUT2D eigenvalue weighted by atomic mass is 10.0. The molecule has 6 aromatic carbocycles. The van der Waals surface area contributed by atoms with Gasteiger partial charge in [-0.25, -0.2) is 29.9 Å². The maximum atomic E-state index is 5.02. The Hall–Kier alpha value is -7.18. The molecule has 6 nitrogen and oxygen atoms in total. The van der Waals surface area contributed by atoms with Crippen LogP contribution < -0.4 is 0 Å². The number of rotatable bonds is 7. The molecular weight excluding hydrogens is 637 g/mol. The van der Waals surface area contributed by atoms with E-state index in [9.17, 15) is 0 Å². The zero-order valence-electron chi connectivity index (χ0n) is 28.0. The average Bonchev–Trinajstić information content (AvgIpc) is 3.24. The first-order valence-corrected chi connectivity index (χ1v) is 17.1. The number of pyridine rings is 1. The number of benzene rings is 6. The van der Waals surface area contributed by atoms with Crippen LogP contribution in [0.5, 0.6) is 0 Å². The molecule has 0 aliphatic rings. The van der Waals surface area contributed by atoms with Crippen LogP contribution >= 0.6 is 0 Å². The van der Waals surface area contributed by atoms with E-state index < -0.39 is 0 Å². The first-order chi connectivity index (χ1) is 25.7. The number of hydrogen-bond acceptors (Lipinski definition) is 6. The van der Waals surface area contributed by atoms with Crippen LogP contribution in [0.15, 0.2) is 182 Å². The summed E-state index contributed by atoms with van der Waals surface area (Å²) in [7, 11) is 0. The van der Waals surface area contributed by atoms with Crippen molar-refractivity contribution in [3.05, 3.63) is 182 Å². The quantitative estimate of drug-likeness (QED) is 0.168. The Morgan fingerprint density at radius 1 is 0.231 bits per heavy atom. The fourth-order valence-electron chi connectivity index (χ4n) is 6.24. The topological polar surface area (TPSA) is 77.3 Å². The highest BCUT2D eigenvalue weighted by atomic mass is 15.0. The van der Waals surface area contributed by atoms with Crippen molar-refractivity contribution in [3.63, 3.8) is 0 Å². The summed E-state index contributed by atoms with van der Waals surface area (Å²) in [5, 5.41) is 1.08. The third-order valence-electron chi connectivity index (χ3n) is 8.98. The molecule has 244 valence electrons. The van der Waals surface area contributed by atoms with Crippen LogP contribution in [0.2, 0.25) is 0 Å². The van der Waals surface area contributed by atoms with E-state index in [2.05, 4.69) is 72.8 Å². The van der Waals surface area contributed by atoms with Gasteiger partial charge in [-0.1, -0.05) is 164 Å². The normalized spacial score (nSPS) is 11.1. The molecule has 9 rings (SSSR count). The van der Waals surface area contributed by atoms with E-state index in [0.29, 0.717) is 23.3 Å². The summed E-state index contributed by atoms with van der Waals surface area (Å²) in [6.45, 7) is 0. The van der Waals surface area contributed by atoms with Gasteiger partial charge in [0.25, 0.3) is 0 Å². The van der Waals surface area contributed by atoms with E-state index >= 15 is 0 Å². The lowest BCUT2D eigenvalue weighted by Crippen LogP contribution is -2.00. The molecule has 52 heavy (non-hydrogen) atoms. The molecule has 0 saturated carbocycles. The highest BCUT2D eigenvalue weighted by molar-refractivity contribution is 5.81. The van der Waals surface area contributed by atoms with Gasteiger partial charge in [0.05, 0.1) is 16.9 Å². The second-order valence-corrected chi connectivity index (χ2v) is 12.4. The summed E-state index contributed by atoms with van der Waals surface area (Å²) in [5.41, 5.74) is 10.3. The molecule has 0 fully saturated rings. The van der Waals surface area contributed by atoms with E-state index in [1.54, 1.807) is 0 Å². The standard InChI is InChI=1S/C46H30N6/c1-4-12-33(13-5-1)41-30-42(49-46(48-41)40-29-28-34-14-10-11-19-39(34)47-40)35-24-20-31(21-25-35)32-22-26-38(27-23-32)45-51-43(36-15-6-2-7-16-36)50-44(52-45)37-17-8-3-9-18-37/h1-30H. The summed E-state index contributed by atoms with van der Waals surface area (Å²) in [5.74, 6) is 2.50. The molecule has 6 heteroatoms. The Balaban J connectivity index is 1.04. The van der Waals surface area contributed by atoms with Crippen molar-refractivity contribution < 1.29 is 0 Å². The SMILES string of the molecule is c1ccc(-c2cc(-c3ccc(-c4ccc(-c5nc(-c6ccccc6)nc(-c6ccccc6)n5)cc4)cc3)nc(-c3ccc4ccccc4n3)n2)cc1. The summed E-state index contributed by atoms with van der Waals surface area (Å²) in [6, 6.07) is 61.3. The number of para-hydroxylation sites is 1. The Kier molecular flexibility index (Phi) is 8.08. The van der Waals surface area contributed by atoms with Gasteiger partial charge in [-0.15, -0.1) is 0 Å². The monoisotopic (exact) mass is 666 g/mol. The second-order valence-electron chi connectivity index (χ2n) is 12.4. The van der Waals surface area contributed by atoms with Crippen molar-refractivity contribution in [2.75, 3.05) is 0 Å². The maximum absolute atomic E-state index is 5.02. The predicted octanol–water partition coefficient (Wildman–Crippen LogP) is 10.9. The number of aromatic nitrogens is 6. The van der Waals surface area contributed by atoms with E-state index in [-0.39, 0.29) is 0 Å². The fraction of sp³-hybridized carbons (Fsp3) is 0. The van der Waals surface area contributed by atoms with Crippen LogP contribution in [-0.4, -0.2) is 29.9 Å². The molecule has 0 N–H and O–H groups in total. The first-order valence-electron chi connectivity index (χ1n) is 17.1. The molecule has 9 aromatic rings. The Bertz CT molecular complexity index is 2590. The van der Waals surface area contributed by atoms with Crippen molar-refractivity contribution in [3.8, 4) is 79.3 Å². The molecule has 0 spiro atoms. The summed E-state index contributed by atoms with van der Waals surface area (Å²) in [6.07, 6.45) is 0. The molecule has 0 aliphatic heterocycles. The summed E-state index contributed by atoms with van der Waals surface area (Å²) in [4.78, 5) is 29.5. The minimum atomic E-state index is 0.589. The van der Waals surface area contributed by atoms with Gasteiger partial charge >= 0.3 is 0 Å². The zero-order valence-corrected chi connectivity index (χ0v) is 28.0. The van der Waals surface area contributed by atoms with Crippen LogP contribution in [0.25, 0.3) is 90.2 Å². The average molecular weight is 667 g/mol. The van der Waals surface area contributed by atoms with Crippen LogP contribution in [0.3, 0.4) is 0 Å². The van der Waals surface area contributed by atoms with Gasteiger partial charge in [-0.05, 0) is 29.3 Å². The second kappa shape index (κ2) is 13.6. The molecular formula is C46H30N6. The predicted molar refractivity (Wildman–Crippen MR) is 209 cm³/mol. The van der Waals surface area contributed by atoms with Crippen LogP contribution in [0.4, 0.5) is 0 Å². The van der Waals surface area contributed by atoms with Gasteiger partial charge in [0, 0.05) is 33.2 Å². The summed E-state index contributed by atoms with van der Waals surface area (Å²) < 4.78 is 0. The van der Waals surface area contributed by atoms with E-state index in [1.165, 1.54) is 0 Å². The minimum Gasteiger partial charge on any atom is -0.244 e. The van der Waals surface area contributed by atoms with Gasteiger partial charge < -0.3 is 0 Å².